The molecule has 5 heteroatoms. The van der Waals surface area contributed by atoms with Crippen molar-refractivity contribution in [2.24, 2.45) is 0 Å². The number of nitrogens with zero attached hydrogens (tertiary/aromatic N) is 1. The molecule has 4 nitrogen and oxygen atoms in total. The van der Waals surface area contributed by atoms with Crippen molar-refractivity contribution in [3.05, 3.63) is 69.4 Å². The number of carbonyl (C=O) groups excluding carboxylic acids is 1. The molecule has 2 atom stereocenters. The number of halogens is 1. The Bertz CT molecular complexity index is 845. The Labute approximate surface area is 145 Å². The van der Waals surface area contributed by atoms with Crippen LogP contribution in [0, 0.1) is 12.7 Å². The molecule has 2 aliphatic rings. The number of H-pyrrole nitrogens is 1. The lowest BCUT2D eigenvalue weighted by Gasteiger charge is -2.39. The average Bonchev–Trinajstić information content (AvgIpc) is 2.85. The van der Waals surface area contributed by atoms with Gasteiger partial charge in [-0.05, 0) is 68.4 Å². The predicted octanol–water partition coefficient (Wildman–Crippen LogP) is 3.37. The van der Waals surface area contributed by atoms with Gasteiger partial charge in [0.25, 0.3) is 11.5 Å². The average molecular weight is 340 g/mol. The van der Waals surface area contributed by atoms with E-state index in [-0.39, 0.29) is 34.9 Å². The van der Waals surface area contributed by atoms with E-state index in [1.807, 2.05) is 17.0 Å². The fourth-order valence-electron chi connectivity index (χ4n) is 4.40. The number of pyridine rings is 1. The van der Waals surface area contributed by atoms with Crippen LogP contribution in [0.5, 0.6) is 0 Å². The fraction of sp³-hybridized carbons (Fsp3) is 0.400. The molecule has 2 aromatic rings. The Morgan fingerprint density at radius 1 is 1.08 bits per heavy atom. The number of aryl methyl sites for hydroxylation is 1. The topological polar surface area (TPSA) is 53.2 Å². The second kappa shape index (κ2) is 6.14. The molecular weight excluding hydrogens is 319 g/mol. The summed E-state index contributed by atoms with van der Waals surface area (Å²) < 4.78 is 13.2. The third kappa shape index (κ3) is 2.88. The van der Waals surface area contributed by atoms with Crippen LogP contribution in [0.1, 0.15) is 53.2 Å². The fourth-order valence-corrected chi connectivity index (χ4v) is 4.40. The van der Waals surface area contributed by atoms with E-state index in [0.29, 0.717) is 5.92 Å². The van der Waals surface area contributed by atoms with Gasteiger partial charge in [-0.1, -0.05) is 12.1 Å². The minimum absolute atomic E-state index is 0.155. The summed E-state index contributed by atoms with van der Waals surface area (Å²) in [5, 5.41) is 0. The van der Waals surface area contributed by atoms with Crippen molar-refractivity contribution in [3.63, 3.8) is 0 Å². The van der Waals surface area contributed by atoms with Gasteiger partial charge in [-0.25, -0.2) is 4.39 Å². The Balaban J connectivity index is 1.57. The molecule has 0 unspecified atom stereocenters. The highest BCUT2D eigenvalue weighted by molar-refractivity contribution is 5.94. The summed E-state index contributed by atoms with van der Waals surface area (Å²) in [6.45, 7) is 1.80. The van der Waals surface area contributed by atoms with Gasteiger partial charge in [0.1, 0.15) is 11.4 Å². The number of fused-ring (bicyclic) bond motifs is 2. The number of aromatic amines is 1. The molecule has 0 radical (unpaired) electrons. The second-order valence-electron chi connectivity index (χ2n) is 7.20. The first-order valence-electron chi connectivity index (χ1n) is 8.81. The van der Waals surface area contributed by atoms with E-state index in [1.165, 1.54) is 12.1 Å². The zero-order valence-electron chi connectivity index (χ0n) is 14.2. The number of hydrogen-bond donors (Lipinski definition) is 1. The van der Waals surface area contributed by atoms with Gasteiger partial charge < -0.3 is 9.88 Å². The third-order valence-corrected chi connectivity index (χ3v) is 5.59. The van der Waals surface area contributed by atoms with Gasteiger partial charge in [0.2, 0.25) is 0 Å². The molecule has 2 fully saturated rings. The molecule has 0 aliphatic carbocycles. The number of amides is 1. The molecule has 2 aliphatic heterocycles. The quantitative estimate of drug-likeness (QED) is 0.911. The van der Waals surface area contributed by atoms with Gasteiger partial charge >= 0.3 is 0 Å². The minimum Gasteiger partial charge on any atom is -0.332 e. The first-order chi connectivity index (χ1) is 12.0. The van der Waals surface area contributed by atoms with E-state index in [2.05, 4.69) is 4.98 Å². The normalized spacial score (nSPS) is 25.2. The molecule has 1 aromatic carbocycles. The molecule has 0 spiro atoms. The van der Waals surface area contributed by atoms with E-state index in [1.54, 1.807) is 19.1 Å². The van der Waals surface area contributed by atoms with Crippen LogP contribution in [0.2, 0.25) is 0 Å². The number of aromatic nitrogens is 1. The summed E-state index contributed by atoms with van der Waals surface area (Å²) in [7, 11) is 0. The zero-order valence-corrected chi connectivity index (χ0v) is 14.2. The van der Waals surface area contributed by atoms with Gasteiger partial charge in [-0.3, -0.25) is 9.59 Å². The number of rotatable bonds is 2. The monoisotopic (exact) mass is 340 g/mol. The summed E-state index contributed by atoms with van der Waals surface area (Å²) in [5.74, 6) is -0.0392. The van der Waals surface area contributed by atoms with Crippen LogP contribution in [0.15, 0.2) is 41.2 Å². The van der Waals surface area contributed by atoms with Crippen LogP contribution in [0.4, 0.5) is 4.39 Å². The molecule has 1 amide bonds. The SMILES string of the molecule is Cc1ccc(C(=O)N2[C@H]3CC[C@H]2CC(c2ccc(F)cc2)C3)c(=O)[nH]1. The van der Waals surface area contributed by atoms with E-state index >= 15 is 0 Å². The van der Waals surface area contributed by atoms with Crippen LogP contribution in [-0.4, -0.2) is 27.9 Å². The molecule has 130 valence electrons. The van der Waals surface area contributed by atoms with E-state index in [9.17, 15) is 14.0 Å². The molecule has 2 bridgehead atoms. The summed E-state index contributed by atoms with van der Waals surface area (Å²) >= 11 is 0. The molecule has 4 rings (SSSR count). The third-order valence-electron chi connectivity index (χ3n) is 5.59. The van der Waals surface area contributed by atoms with Crippen molar-refractivity contribution in [2.75, 3.05) is 0 Å². The smallest absolute Gasteiger partial charge is 0.260 e. The van der Waals surface area contributed by atoms with Crippen molar-refractivity contribution in [1.82, 2.24) is 9.88 Å². The molecule has 1 aromatic heterocycles. The molecule has 0 saturated carbocycles. The summed E-state index contributed by atoms with van der Waals surface area (Å²) in [6, 6.07) is 10.4. The lowest BCUT2D eigenvalue weighted by atomic mass is 9.85. The second-order valence-corrected chi connectivity index (χ2v) is 7.20. The number of piperidine rings is 1. The van der Waals surface area contributed by atoms with Crippen molar-refractivity contribution in [3.8, 4) is 0 Å². The molecule has 1 N–H and O–H groups in total. The Kier molecular flexibility index (Phi) is 3.94. The molecule has 3 heterocycles. The summed E-state index contributed by atoms with van der Waals surface area (Å²) in [6.07, 6.45) is 3.69. The van der Waals surface area contributed by atoms with Crippen molar-refractivity contribution < 1.29 is 9.18 Å². The van der Waals surface area contributed by atoms with Crippen LogP contribution in [-0.2, 0) is 0 Å². The van der Waals surface area contributed by atoms with Crippen LogP contribution >= 0.6 is 0 Å². The van der Waals surface area contributed by atoms with E-state index < -0.39 is 0 Å². The Morgan fingerprint density at radius 3 is 2.32 bits per heavy atom. The predicted molar refractivity (Wildman–Crippen MR) is 93.2 cm³/mol. The largest absolute Gasteiger partial charge is 0.332 e. The Hall–Kier alpha value is -2.43. The first-order valence-corrected chi connectivity index (χ1v) is 8.81. The van der Waals surface area contributed by atoms with Crippen molar-refractivity contribution >= 4 is 5.91 Å². The van der Waals surface area contributed by atoms with Gasteiger partial charge in [0, 0.05) is 17.8 Å². The molecular formula is C20H21FN2O2. The number of benzene rings is 1. The maximum atomic E-state index is 13.2. The van der Waals surface area contributed by atoms with Gasteiger partial charge in [0.05, 0.1) is 0 Å². The van der Waals surface area contributed by atoms with Gasteiger partial charge in [-0.15, -0.1) is 0 Å². The lowest BCUT2D eigenvalue weighted by molar-refractivity contribution is 0.0569. The lowest BCUT2D eigenvalue weighted by Crippen LogP contribution is -2.47. The van der Waals surface area contributed by atoms with Crippen molar-refractivity contribution in [1.29, 1.82) is 0 Å². The van der Waals surface area contributed by atoms with Crippen LogP contribution < -0.4 is 5.56 Å². The minimum atomic E-state index is -0.315. The maximum Gasteiger partial charge on any atom is 0.260 e. The number of nitrogens with one attached hydrogen (secondary N) is 1. The van der Waals surface area contributed by atoms with Crippen LogP contribution in [0.3, 0.4) is 0 Å². The zero-order chi connectivity index (χ0) is 17.6. The van der Waals surface area contributed by atoms with E-state index in [0.717, 1.165) is 36.9 Å². The van der Waals surface area contributed by atoms with E-state index in [4.69, 9.17) is 0 Å². The standard InChI is InChI=1S/C20H21FN2O2/c1-12-2-9-18(19(24)22-12)20(25)23-16-7-8-17(23)11-14(10-16)13-3-5-15(21)6-4-13/h2-6,9,14,16-17H,7-8,10-11H2,1H3,(H,22,24)/t16-,17-/m0/s1. The first kappa shape index (κ1) is 16.1. The number of carbonyl (C=O) groups is 1. The van der Waals surface area contributed by atoms with Crippen molar-refractivity contribution in [2.45, 2.75) is 50.6 Å². The van der Waals surface area contributed by atoms with Gasteiger partial charge in [0.15, 0.2) is 0 Å². The molecule has 25 heavy (non-hydrogen) atoms. The highest BCUT2D eigenvalue weighted by Gasteiger charge is 2.44. The maximum absolute atomic E-state index is 13.2. The summed E-state index contributed by atoms with van der Waals surface area (Å²) in [5.41, 5.74) is 1.80. The molecule has 2 saturated heterocycles. The van der Waals surface area contributed by atoms with Crippen LogP contribution in [0.25, 0.3) is 0 Å². The highest BCUT2D eigenvalue weighted by atomic mass is 19.1. The Morgan fingerprint density at radius 2 is 1.72 bits per heavy atom. The number of hydrogen-bond acceptors (Lipinski definition) is 2. The van der Waals surface area contributed by atoms with Gasteiger partial charge in [-0.2, -0.15) is 0 Å². The highest BCUT2D eigenvalue weighted by Crippen LogP contribution is 2.43. The summed E-state index contributed by atoms with van der Waals surface area (Å²) in [4.78, 5) is 29.7.